The number of rotatable bonds is 22. The third kappa shape index (κ3) is 17.0. The fourth-order valence-electron chi connectivity index (χ4n) is 3.42. The minimum atomic E-state index is -1.47. The lowest BCUT2D eigenvalue weighted by atomic mass is 10.0. The van der Waals surface area contributed by atoms with Crippen LogP contribution < -0.4 is 5.32 Å². The zero-order valence-corrected chi connectivity index (χ0v) is 19.9. The van der Waals surface area contributed by atoms with Gasteiger partial charge in [-0.2, -0.15) is 0 Å². The van der Waals surface area contributed by atoms with Gasteiger partial charge in [0.15, 0.2) is 0 Å². The van der Waals surface area contributed by atoms with Crippen LogP contribution in [0.25, 0.3) is 0 Å². The number of carboxylic acid groups (broad SMARTS) is 1. The fourth-order valence-corrected chi connectivity index (χ4v) is 3.42. The Morgan fingerprint density at radius 1 is 0.719 bits per heavy atom. The van der Waals surface area contributed by atoms with E-state index in [1.54, 1.807) is 0 Å². The molecule has 8 nitrogen and oxygen atoms in total. The summed E-state index contributed by atoms with van der Waals surface area (Å²) in [5, 5.41) is 30.3. The number of ether oxygens (including phenoxy) is 1. The first-order valence-corrected chi connectivity index (χ1v) is 12.3. The molecule has 0 aliphatic carbocycles. The average molecular weight is 460 g/mol. The lowest BCUT2D eigenvalue weighted by molar-refractivity contribution is -0.151. The van der Waals surface area contributed by atoms with Gasteiger partial charge in [0.1, 0.15) is 12.1 Å². The van der Waals surface area contributed by atoms with Crippen LogP contribution in [0.5, 0.6) is 0 Å². The summed E-state index contributed by atoms with van der Waals surface area (Å²) in [6, 6.07) is 0. The fraction of sp³-hybridized carbons (Fsp3) is 0.875. The zero-order valence-electron chi connectivity index (χ0n) is 19.9. The topological polar surface area (TPSA) is 133 Å². The molecule has 0 rings (SSSR count). The highest BCUT2D eigenvalue weighted by Crippen LogP contribution is 2.13. The van der Waals surface area contributed by atoms with Crippen LogP contribution in [0.1, 0.15) is 110 Å². The quantitative estimate of drug-likeness (QED) is 0.143. The third-order valence-corrected chi connectivity index (χ3v) is 5.57. The van der Waals surface area contributed by atoms with Gasteiger partial charge in [0.05, 0.1) is 26.1 Å². The normalized spacial score (nSPS) is 11.3. The van der Waals surface area contributed by atoms with E-state index in [1.165, 1.54) is 64.2 Å². The molecule has 0 aliphatic heterocycles. The minimum absolute atomic E-state index is 0.270. The summed E-state index contributed by atoms with van der Waals surface area (Å²) in [6.07, 6.45) is 15.3. The number of nitrogens with one attached hydrogen (secondary N) is 1. The molecule has 4 N–H and O–H groups in total. The van der Waals surface area contributed by atoms with E-state index >= 15 is 0 Å². The van der Waals surface area contributed by atoms with E-state index in [1.807, 2.05) is 0 Å². The van der Waals surface area contributed by atoms with Crippen LogP contribution in [0.3, 0.4) is 0 Å². The van der Waals surface area contributed by atoms with E-state index in [4.69, 9.17) is 9.84 Å². The molecule has 0 fully saturated rings. The van der Waals surface area contributed by atoms with Crippen LogP contribution in [0.2, 0.25) is 0 Å². The number of aliphatic hydroxyl groups excluding tert-OH is 2. The maximum atomic E-state index is 12.2. The van der Waals surface area contributed by atoms with Crippen LogP contribution >= 0.6 is 0 Å². The van der Waals surface area contributed by atoms with Gasteiger partial charge in [0.2, 0.25) is 5.91 Å². The molecule has 0 bridgehead atoms. The Kier molecular flexibility index (Phi) is 18.9. The van der Waals surface area contributed by atoms with E-state index in [2.05, 4.69) is 12.2 Å². The van der Waals surface area contributed by atoms with Crippen molar-refractivity contribution in [2.24, 2.45) is 0 Å². The highest BCUT2D eigenvalue weighted by atomic mass is 16.5. The summed E-state index contributed by atoms with van der Waals surface area (Å²) in [6.45, 7) is 0.626. The Labute approximate surface area is 193 Å². The maximum absolute atomic E-state index is 12.2. The molecule has 1 amide bonds. The van der Waals surface area contributed by atoms with Crippen LogP contribution in [-0.4, -0.2) is 58.5 Å². The molecule has 0 saturated carbocycles. The number of aliphatic hydroxyl groups is 2. The predicted molar refractivity (Wildman–Crippen MR) is 123 cm³/mol. The molecule has 0 spiro atoms. The summed E-state index contributed by atoms with van der Waals surface area (Å²) in [5.41, 5.74) is -1.47. The zero-order chi connectivity index (χ0) is 24.1. The lowest BCUT2D eigenvalue weighted by Gasteiger charge is -2.30. The number of carboxylic acids is 1. The van der Waals surface area contributed by atoms with Crippen molar-refractivity contribution in [3.05, 3.63) is 0 Å². The SMILES string of the molecule is CCCCCCCCCCCCCCCC(=O)NC(CO)(CO)COC(=O)CCC(=O)O. The average Bonchev–Trinajstić information content (AvgIpc) is 2.78. The van der Waals surface area contributed by atoms with Crippen molar-refractivity contribution in [2.45, 2.75) is 115 Å². The summed E-state index contributed by atoms with van der Waals surface area (Å²) < 4.78 is 4.93. The molecule has 0 saturated heterocycles. The Morgan fingerprint density at radius 2 is 1.19 bits per heavy atom. The predicted octanol–water partition coefficient (Wildman–Crippen LogP) is 3.72. The van der Waals surface area contributed by atoms with Crippen molar-refractivity contribution in [3.63, 3.8) is 0 Å². The second kappa shape index (κ2) is 20.0. The monoisotopic (exact) mass is 459 g/mol. The van der Waals surface area contributed by atoms with Crippen molar-refractivity contribution < 1.29 is 34.4 Å². The lowest BCUT2D eigenvalue weighted by Crippen LogP contribution is -2.57. The second-order valence-corrected chi connectivity index (χ2v) is 8.69. The van der Waals surface area contributed by atoms with Crippen LogP contribution in [0.15, 0.2) is 0 Å². The van der Waals surface area contributed by atoms with E-state index in [0.717, 1.165) is 12.8 Å². The van der Waals surface area contributed by atoms with E-state index in [9.17, 15) is 24.6 Å². The van der Waals surface area contributed by atoms with Gasteiger partial charge in [-0.05, 0) is 6.42 Å². The molecule has 0 aliphatic rings. The number of carbonyl (C=O) groups excluding carboxylic acids is 2. The van der Waals surface area contributed by atoms with Gasteiger partial charge in [-0.25, -0.2) is 0 Å². The molecular formula is C24H45NO7. The largest absolute Gasteiger partial charge is 0.481 e. The van der Waals surface area contributed by atoms with Crippen molar-refractivity contribution in [1.29, 1.82) is 0 Å². The van der Waals surface area contributed by atoms with E-state index < -0.39 is 37.3 Å². The van der Waals surface area contributed by atoms with Crippen LogP contribution in [-0.2, 0) is 19.1 Å². The summed E-state index contributed by atoms with van der Waals surface area (Å²) >= 11 is 0. The first-order chi connectivity index (χ1) is 15.4. The third-order valence-electron chi connectivity index (χ3n) is 5.57. The molecule has 0 aromatic carbocycles. The number of unbranched alkanes of at least 4 members (excludes halogenated alkanes) is 12. The molecule has 0 aromatic heterocycles. The van der Waals surface area contributed by atoms with E-state index in [0.29, 0.717) is 6.42 Å². The Hall–Kier alpha value is -1.67. The Balaban J connectivity index is 3.87. The minimum Gasteiger partial charge on any atom is -0.481 e. The molecule has 0 radical (unpaired) electrons. The van der Waals surface area contributed by atoms with Gasteiger partial charge in [0.25, 0.3) is 0 Å². The van der Waals surface area contributed by atoms with Gasteiger partial charge in [-0.1, -0.05) is 84.0 Å². The molecule has 0 atom stereocenters. The van der Waals surface area contributed by atoms with Gasteiger partial charge in [-0.15, -0.1) is 0 Å². The summed E-state index contributed by atoms with van der Waals surface area (Å²) in [4.78, 5) is 34.2. The molecule has 8 heteroatoms. The summed E-state index contributed by atoms with van der Waals surface area (Å²) in [7, 11) is 0. The highest BCUT2D eigenvalue weighted by molar-refractivity contribution is 5.77. The molecule has 188 valence electrons. The molecule has 0 unspecified atom stereocenters. The molecule has 0 heterocycles. The Bertz CT molecular complexity index is 507. The number of amides is 1. The standard InChI is InChI=1S/C24H45NO7/c1-2-3-4-5-6-7-8-9-10-11-12-13-14-15-21(28)25-24(18-26,19-27)20-32-23(31)17-16-22(29)30/h26-27H,2-20H2,1H3,(H,25,28)(H,29,30). The van der Waals surface area contributed by atoms with Gasteiger partial charge in [0, 0.05) is 6.42 Å². The molecule has 32 heavy (non-hydrogen) atoms. The second-order valence-electron chi connectivity index (χ2n) is 8.69. The molecule has 0 aromatic rings. The maximum Gasteiger partial charge on any atom is 0.306 e. The summed E-state index contributed by atoms with van der Waals surface area (Å²) in [5.74, 6) is -2.20. The van der Waals surface area contributed by atoms with Crippen molar-refractivity contribution >= 4 is 17.8 Å². The molecular weight excluding hydrogens is 414 g/mol. The van der Waals surface area contributed by atoms with Gasteiger partial charge in [-0.3, -0.25) is 14.4 Å². The van der Waals surface area contributed by atoms with Crippen LogP contribution in [0.4, 0.5) is 0 Å². The van der Waals surface area contributed by atoms with Gasteiger partial charge >= 0.3 is 11.9 Å². The van der Waals surface area contributed by atoms with Crippen LogP contribution in [0, 0.1) is 0 Å². The van der Waals surface area contributed by atoms with E-state index in [-0.39, 0.29) is 25.2 Å². The smallest absolute Gasteiger partial charge is 0.306 e. The Morgan fingerprint density at radius 3 is 1.62 bits per heavy atom. The van der Waals surface area contributed by atoms with Crippen molar-refractivity contribution in [2.75, 3.05) is 19.8 Å². The number of aliphatic carboxylic acids is 1. The number of esters is 1. The number of carbonyl (C=O) groups is 3. The highest BCUT2D eigenvalue weighted by Gasteiger charge is 2.32. The van der Waals surface area contributed by atoms with Crippen molar-refractivity contribution in [1.82, 2.24) is 5.32 Å². The first-order valence-electron chi connectivity index (χ1n) is 12.3. The number of hydrogen-bond donors (Lipinski definition) is 4. The first kappa shape index (κ1) is 30.3. The van der Waals surface area contributed by atoms with Gasteiger partial charge < -0.3 is 25.4 Å². The number of hydrogen-bond acceptors (Lipinski definition) is 6. The van der Waals surface area contributed by atoms with Crippen molar-refractivity contribution in [3.8, 4) is 0 Å².